The summed E-state index contributed by atoms with van der Waals surface area (Å²) >= 11 is 6.72. The summed E-state index contributed by atoms with van der Waals surface area (Å²) in [5, 5.41) is 8.72. The lowest BCUT2D eigenvalue weighted by Gasteiger charge is -1.89. The summed E-state index contributed by atoms with van der Waals surface area (Å²) in [6.07, 6.45) is 2.71. The number of halogens is 2. The van der Waals surface area contributed by atoms with Crippen LogP contribution in [-0.2, 0) is 0 Å². The highest BCUT2D eigenvalue weighted by atomic mass is 79.9. The number of nitrogens with one attached hydrogen (secondary N) is 2. The maximum absolute atomic E-state index is 10.5. The molecule has 2 heterocycles. The second kappa shape index (κ2) is 6.46. The van der Waals surface area contributed by atoms with Crippen LogP contribution in [0.15, 0.2) is 57.6 Å². The smallest absolute Gasteiger partial charge is 0.168 e. The van der Waals surface area contributed by atoms with Gasteiger partial charge in [0.15, 0.2) is 6.29 Å². The van der Waals surface area contributed by atoms with Gasteiger partial charge in [-0.05, 0) is 41.8 Å². The van der Waals surface area contributed by atoms with Crippen LogP contribution in [0.2, 0.25) is 0 Å². The molecule has 0 saturated heterocycles. The highest BCUT2D eigenvalue weighted by Crippen LogP contribution is 2.19. The van der Waals surface area contributed by atoms with E-state index in [-0.39, 0.29) is 0 Å². The van der Waals surface area contributed by atoms with Crippen LogP contribution < -0.4 is 0 Å². The SMILES string of the molecule is Brc1ccc2cc[nH]c2c1.O=Cc1[nH]nc2cc(Br)ccc12. The van der Waals surface area contributed by atoms with Crippen molar-refractivity contribution in [2.24, 2.45) is 0 Å². The summed E-state index contributed by atoms with van der Waals surface area (Å²) in [5.41, 5.74) is 2.50. The van der Waals surface area contributed by atoms with Crippen molar-refractivity contribution in [1.29, 1.82) is 0 Å². The van der Waals surface area contributed by atoms with Gasteiger partial charge < -0.3 is 4.98 Å². The maximum Gasteiger partial charge on any atom is 0.168 e. The van der Waals surface area contributed by atoms with E-state index < -0.39 is 0 Å². The van der Waals surface area contributed by atoms with E-state index in [9.17, 15) is 4.79 Å². The Morgan fingerprint density at radius 2 is 1.77 bits per heavy atom. The van der Waals surface area contributed by atoms with E-state index in [0.717, 1.165) is 26.1 Å². The first-order valence-electron chi connectivity index (χ1n) is 6.49. The van der Waals surface area contributed by atoms with Gasteiger partial charge in [0.2, 0.25) is 0 Å². The number of H-pyrrole nitrogens is 2. The van der Waals surface area contributed by atoms with Gasteiger partial charge in [0, 0.05) is 26.0 Å². The monoisotopic (exact) mass is 419 g/mol. The predicted octanol–water partition coefficient (Wildman–Crippen LogP) is 5.07. The lowest BCUT2D eigenvalue weighted by atomic mass is 10.2. The van der Waals surface area contributed by atoms with Crippen LogP contribution >= 0.6 is 31.9 Å². The molecule has 0 bridgehead atoms. The zero-order valence-electron chi connectivity index (χ0n) is 11.3. The summed E-state index contributed by atoms with van der Waals surface area (Å²) < 4.78 is 2.07. The molecule has 6 heteroatoms. The number of hydrogen-bond acceptors (Lipinski definition) is 2. The molecule has 0 aliphatic rings. The van der Waals surface area contributed by atoms with E-state index in [1.54, 1.807) is 0 Å². The summed E-state index contributed by atoms with van der Waals surface area (Å²) in [4.78, 5) is 13.6. The molecule has 110 valence electrons. The van der Waals surface area contributed by atoms with Crippen molar-refractivity contribution in [3.63, 3.8) is 0 Å². The molecule has 4 aromatic rings. The van der Waals surface area contributed by atoms with E-state index >= 15 is 0 Å². The average Bonchev–Trinajstić information content (AvgIpc) is 3.12. The number of nitrogens with zero attached hydrogens (tertiary/aromatic N) is 1. The molecule has 0 aliphatic heterocycles. The Hall–Kier alpha value is -1.92. The molecule has 0 spiro atoms. The molecule has 2 aromatic heterocycles. The standard InChI is InChI=1S/C8H5BrN2O.C8H6BrN/c9-5-1-2-6-7(3-5)10-11-8(6)4-12;9-7-2-1-6-3-4-10-8(6)5-7/h1-4H,(H,10,11);1-5,10H. The summed E-state index contributed by atoms with van der Waals surface area (Å²) in [6, 6.07) is 13.8. The molecule has 2 N–H and O–H groups in total. The number of rotatable bonds is 1. The second-order valence-corrected chi connectivity index (χ2v) is 6.46. The Morgan fingerprint density at radius 3 is 2.59 bits per heavy atom. The molecule has 0 amide bonds. The highest BCUT2D eigenvalue weighted by molar-refractivity contribution is 9.10. The molecule has 4 rings (SSSR count). The first-order chi connectivity index (χ1) is 10.7. The van der Waals surface area contributed by atoms with Crippen LogP contribution in [0.5, 0.6) is 0 Å². The van der Waals surface area contributed by atoms with Crippen LogP contribution in [-0.4, -0.2) is 21.5 Å². The van der Waals surface area contributed by atoms with Gasteiger partial charge in [-0.15, -0.1) is 0 Å². The van der Waals surface area contributed by atoms with E-state index in [0.29, 0.717) is 5.69 Å². The van der Waals surface area contributed by atoms with Crippen molar-refractivity contribution in [2.45, 2.75) is 0 Å². The molecular formula is C16H11Br2N3O. The van der Waals surface area contributed by atoms with Crippen molar-refractivity contribution >= 4 is 60.0 Å². The Balaban J connectivity index is 0.000000133. The number of carbonyl (C=O) groups is 1. The first kappa shape index (κ1) is 15.0. The molecule has 0 atom stereocenters. The Labute approximate surface area is 143 Å². The number of aromatic amines is 2. The van der Waals surface area contributed by atoms with Gasteiger partial charge in [-0.1, -0.05) is 37.9 Å². The van der Waals surface area contributed by atoms with E-state index in [4.69, 9.17) is 0 Å². The van der Waals surface area contributed by atoms with Gasteiger partial charge in [0.1, 0.15) is 5.69 Å². The van der Waals surface area contributed by atoms with Gasteiger partial charge >= 0.3 is 0 Å². The molecule has 22 heavy (non-hydrogen) atoms. The van der Waals surface area contributed by atoms with Crippen LogP contribution in [0.4, 0.5) is 0 Å². The normalized spacial score (nSPS) is 10.5. The topological polar surface area (TPSA) is 61.5 Å². The van der Waals surface area contributed by atoms with Crippen LogP contribution in [0.1, 0.15) is 10.5 Å². The third-order valence-electron chi connectivity index (χ3n) is 3.18. The lowest BCUT2D eigenvalue weighted by molar-refractivity contribution is 0.112. The molecule has 0 radical (unpaired) electrons. The van der Waals surface area contributed by atoms with Crippen molar-refractivity contribution in [3.05, 3.63) is 63.3 Å². The predicted molar refractivity (Wildman–Crippen MR) is 95.2 cm³/mol. The number of aldehydes is 1. The van der Waals surface area contributed by atoms with Gasteiger partial charge in [0.25, 0.3) is 0 Å². The van der Waals surface area contributed by atoms with Crippen LogP contribution in [0, 0.1) is 0 Å². The maximum atomic E-state index is 10.5. The molecule has 2 aromatic carbocycles. The summed E-state index contributed by atoms with van der Waals surface area (Å²) in [5.74, 6) is 0. The van der Waals surface area contributed by atoms with Crippen molar-refractivity contribution in [1.82, 2.24) is 15.2 Å². The zero-order chi connectivity index (χ0) is 15.5. The van der Waals surface area contributed by atoms with Gasteiger partial charge in [0.05, 0.1) is 5.52 Å². The number of aromatic nitrogens is 3. The minimum Gasteiger partial charge on any atom is -0.361 e. The van der Waals surface area contributed by atoms with E-state index in [1.165, 1.54) is 10.9 Å². The third kappa shape index (κ3) is 3.13. The van der Waals surface area contributed by atoms with Crippen molar-refractivity contribution in [3.8, 4) is 0 Å². The minimum atomic E-state index is 0.525. The minimum absolute atomic E-state index is 0.525. The fourth-order valence-electron chi connectivity index (χ4n) is 2.12. The van der Waals surface area contributed by atoms with Crippen molar-refractivity contribution < 1.29 is 4.79 Å². The van der Waals surface area contributed by atoms with Crippen LogP contribution in [0.25, 0.3) is 21.8 Å². The Bertz CT molecular complexity index is 943. The highest BCUT2D eigenvalue weighted by Gasteiger charge is 2.02. The quantitative estimate of drug-likeness (QED) is 0.422. The largest absolute Gasteiger partial charge is 0.361 e. The average molecular weight is 421 g/mol. The number of carbonyl (C=O) groups excluding carboxylic acids is 1. The first-order valence-corrected chi connectivity index (χ1v) is 8.07. The number of benzene rings is 2. The van der Waals surface area contributed by atoms with Gasteiger partial charge in [-0.3, -0.25) is 9.89 Å². The Kier molecular flexibility index (Phi) is 4.40. The van der Waals surface area contributed by atoms with Gasteiger partial charge in [-0.25, -0.2) is 0 Å². The van der Waals surface area contributed by atoms with Crippen molar-refractivity contribution in [2.75, 3.05) is 0 Å². The Morgan fingerprint density at radius 1 is 1.00 bits per heavy atom. The van der Waals surface area contributed by atoms with Gasteiger partial charge in [-0.2, -0.15) is 5.10 Å². The van der Waals surface area contributed by atoms with E-state index in [1.807, 2.05) is 30.5 Å². The summed E-state index contributed by atoms with van der Waals surface area (Å²) in [6.45, 7) is 0. The molecule has 0 fully saturated rings. The molecular weight excluding hydrogens is 410 g/mol. The fraction of sp³-hybridized carbons (Fsp3) is 0. The zero-order valence-corrected chi connectivity index (χ0v) is 14.5. The molecule has 0 unspecified atom stereocenters. The summed E-state index contributed by atoms with van der Waals surface area (Å²) in [7, 11) is 0. The molecule has 0 saturated carbocycles. The number of fused-ring (bicyclic) bond motifs is 2. The number of hydrogen-bond donors (Lipinski definition) is 2. The molecule has 4 nitrogen and oxygen atoms in total. The lowest BCUT2D eigenvalue weighted by Crippen LogP contribution is -1.77. The molecule has 0 aliphatic carbocycles. The third-order valence-corrected chi connectivity index (χ3v) is 4.17. The van der Waals surface area contributed by atoms with E-state index in [2.05, 4.69) is 65.2 Å². The second-order valence-electron chi connectivity index (χ2n) is 4.63. The fourth-order valence-corrected chi connectivity index (χ4v) is 2.83. The van der Waals surface area contributed by atoms with Crippen LogP contribution in [0.3, 0.4) is 0 Å².